The maximum atomic E-state index is 6.42. The van der Waals surface area contributed by atoms with Gasteiger partial charge in [0.15, 0.2) is 0 Å². The van der Waals surface area contributed by atoms with Crippen molar-refractivity contribution in [1.82, 2.24) is 10.2 Å². The number of thiophene rings is 1. The Balaban J connectivity index is 1.69. The molecule has 1 N–H and O–H groups in total. The van der Waals surface area contributed by atoms with Crippen LogP contribution in [-0.2, 0) is 0 Å². The highest BCUT2D eigenvalue weighted by atomic mass is 35.5. The largest absolute Gasteiger partial charge is 0.402 e. The molecule has 0 unspecified atom stereocenters. The Morgan fingerprint density at radius 2 is 1.73 bits per heavy atom. The number of halogens is 1. The second-order valence-corrected chi connectivity index (χ2v) is 6.07. The van der Waals surface area contributed by atoms with E-state index < -0.39 is 0 Å². The van der Waals surface area contributed by atoms with Gasteiger partial charge in [-0.05, 0) is 18.2 Å². The lowest BCUT2D eigenvalue weighted by molar-refractivity contribution is 0.589. The van der Waals surface area contributed by atoms with Gasteiger partial charge in [-0.25, -0.2) is 0 Å². The van der Waals surface area contributed by atoms with Crippen molar-refractivity contribution >= 4 is 44.7 Å². The molecule has 22 heavy (non-hydrogen) atoms. The zero-order chi connectivity index (χ0) is 14.9. The molecule has 4 aromatic rings. The Kier molecular flexibility index (Phi) is 3.29. The lowest BCUT2D eigenvalue weighted by atomic mass is 10.2. The number of hydrogen-bond donors (Lipinski definition) is 1. The summed E-state index contributed by atoms with van der Waals surface area (Å²) in [4.78, 5) is 0.788. The fourth-order valence-corrected chi connectivity index (χ4v) is 3.60. The van der Waals surface area contributed by atoms with Gasteiger partial charge in [0, 0.05) is 15.8 Å². The van der Waals surface area contributed by atoms with Gasteiger partial charge in [0.25, 0.3) is 5.89 Å². The molecule has 0 saturated heterocycles. The summed E-state index contributed by atoms with van der Waals surface area (Å²) in [6, 6.07) is 18.0. The molecule has 0 spiro atoms. The molecule has 0 aliphatic heterocycles. The zero-order valence-corrected chi connectivity index (χ0v) is 12.9. The van der Waals surface area contributed by atoms with Crippen molar-refractivity contribution < 1.29 is 4.42 Å². The molecule has 0 aliphatic carbocycles. The smallest absolute Gasteiger partial charge is 0.320 e. The van der Waals surface area contributed by atoms with E-state index in [2.05, 4.69) is 15.5 Å². The van der Waals surface area contributed by atoms with E-state index in [4.69, 9.17) is 16.0 Å². The molecule has 108 valence electrons. The maximum absolute atomic E-state index is 6.42. The van der Waals surface area contributed by atoms with Crippen molar-refractivity contribution in [2.45, 2.75) is 0 Å². The predicted molar refractivity (Wildman–Crippen MR) is 89.9 cm³/mol. The summed E-state index contributed by atoms with van der Waals surface area (Å²) < 4.78 is 6.77. The maximum Gasteiger partial charge on any atom is 0.320 e. The Hall–Kier alpha value is -2.37. The number of anilines is 2. The molecule has 0 atom stereocenters. The first-order valence-electron chi connectivity index (χ1n) is 6.64. The van der Waals surface area contributed by atoms with E-state index >= 15 is 0 Å². The molecular weight excluding hydrogens is 318 g/mol. The molecule has 0 aliphatic rings. The number of hydrogen-bond acceptors (Lipinski definition) is 5. The van der Waals surface area contributed by atoms with Crippen LogP contribution < -0.4 is 5.32 Å². The second kappa shape index (κ2) is 5.44. The van der Waals surface area contributed by atoms with Gasteiger partial charge in [0.05, 0.1) is 5.02 Å². The standard InChI is InChI=1S/C16H10ClN3OS/c17-13-11-8-4-5-9-12(11)22-14(13)15-19-20-16(21-15)18-10-6-2-1-3-7-10/h1-9H,(H,18,20). The fourth-order valence-electron chi connectivity index (χ4n) is 2.16. The third-order valence-corrected chi connectivity index (χ3v) is 4.84. The van der Waals surface area contributed by atoms with Crippen molar-refractivity contribution in [2.24, 2.45) is 0 Å². The third kappa shape index (κ3) is 2.34. The molecule has 4 rings (SSSR count). The molecular formula is C16H10ClN3OS. The van der Waals surface area contributed by atoms with Crippen LogP contribution in [0.3, 0.4) is 0 Å². The molecule has 0 amide bonds. The molecule has 0 bridgehead atoms. The van der Waals surface area contributed by atoms with Crippen LogP contribution in [-0.4, -0.2) is 10.2 Å². The van der Waals surface area contributed by atoms with Crippen LogP contribution in [0.2, 0.25) is 5.02 Å². The Labute approximate surface area is 135 Å². The molecule has 0 fully saturated rings. The van der Waals surface area contributed by atoms with Crippen LogP contribution in [0.4, 0.5) is 11.7 Å². The molecule has 4 nitrogen and oxygen atoms in total. The van der Waals surface area contributed by atoms with E-state index in [1.54, 1.807) is 11.3 Å². The summed E-state index contributed by atoms with van der Waals surface area (Å²) in [5.74, 6) is 0.421. The molecule has 0 radical (unpaired) electrons. The van der Waals surface area contributed by atoms with Gasteiger partial charge in [-0.2, -0.15) is 0 Å². The fraction of sp³-hybridized carbons (Fsp3) is 0. The van der Waals surface area contributed by atoms with Crippen LogP contribution in [0.1, 0.15) is 0 Å². The van der Waals surface area contributed by atoms with Gasteiger partial charge >= 0.3 is 6.01 Å². The molecule has 6 heteroatoms. The first kappa shape index (κ1) is 13.3. The summed E-state index contributed by atoms with van der Waals surface area (Å²) in [6.45, 7) is 0. The average Bonchev–Trinajstić information content (AvgIpc) is 3.14. The lowest BCUT2D eigenvalue weighted by Gasteiger charge is -1.98. The van der Waals surface area contributed by atoms with E-state index in [1.165, 1.54) is 0 Å². The Bertz CT molecular complexity index is 933. The number of nitrogens with zero attached hydrogens (tertiary/aromatic N) is 2. The number of rotatable bonds is 3. The van der Waals surface area contributed by atoms with Crippen LogP contribution in [0.5, 0.6) is 0 Å². The number of para-hydroxylation sites is 1. The number of fused-ring (bicyclic) bond motifs is 1. The zero-order valence-electron chi connectivity index (χ0n) is 11.3. The topological polar surface area (TPSA) is 51.0 Å². The summed E-state index contributed by atoms with van der Waals surface area (Å²) >= 11 is 7.96. The highest BCUT2D eigenvalue weighted by Crippen LogP contribution is 2.41. The van der Waals surface area contributed by atoms with Crippen molar-refractivity contribution in [3.05, 3.63) is 59.6 Å². The molecule has 2 aromatic carbocycles. The minimum Gasteiger partial charge on any atom is -0.402 e. The summed E-state index contributed by atoms with van der Waals surface area (Å²) in [6.07, 6.45) is 0. The minimum absolute atomic E-state index is 0.342. The van der Waals surface area contributed by atoms with Crippen molar-refractivity contribution in [3.63, 3.8) is 0 Å². The van der Waals surface area contributed by atoms with Crippen LogP contribution in [0, 0.1) is 0 Å². The first-order chi connectivity index (χ1) is 10.8. The van der Waals surface area contributed by atoms with Gasteiger partial charge in [-0.3, -0.25) is 0 Å². The van der Waals surface area contributed by atoms with Gasteiger partial charge < -0.3 is 9.73 Å². The predicted octanol–water partition coefficient (Wildman–Crippen LogP) is 5.35. The summed E-state index contributed by atoms with van der Waals surface area (Å²) in [5, 5.41) is 12.8. The summed E-state index contributed by atoms with van der Waals surface area (Å²) in [7, 11) is 0. The van der Waals surface area contributed by atoms with Gasteiger partial charge in [0.1, 0.15) is 4.88 Å². The molecule has 0 saturated carbocycles. The second-order valence-electron chi connectivity index (χ2n) is 4.64. The average molecular weight is 328 g/mol. The van der Waals surface area contributed by atoms with Crippen molar-refractivity contribution in [1.29, 1.82) is 0 Å². The van der Waals surface area contributed by atoms with Crippen LogP contribution in [0.15, 0.2) is 59.0 Å². The lowest BCUT2D eigenvalue weighted by Crippen LogP contribution is -1.88. The quantitative estimate of drug-likeness (QED) is 0.551. The van der Waals surface area contributed by atoms with E-state index in [0.717, 1.165) is 20.7 Å². The van der Waals surface area contributed by atoms with E-state index in [0.29, 0.717) is 16.9 Å². The van der Waals surface area contributed by atoms with E-state index in [1.807, 2.05) is 54.6 Å². The first-order valence-corrected chi connectivity index (χ1v) is 7.84. The van der Waals surface area contributed by atoms with Crippen LogP contribution in [0.25, 0.3) is 20.9 Å². The van der Waals surface area contributed by atoms with Gasteiger partial charge in [-0.1, -0.05) is 53.1 Å². The highest BCUT2D eigenvalue weighted by molar-refractivity contribution is 7.23. The third-order valence-electron chi connectivity index (χ3n) is 3.18. The SMILES string of the molecule is Clc1c(-c2nnc(Nc3ccccc3)o2)sc2ccccc12. The summed E-state index contributed by atoms with van der Waals surface area (Å²) in [5.41, 5.74) is 0.889. The van der Waals surface area contributed by atoms with Crippen LogP contribution >= 0.6 is 22.9 Å². The monoisotopic (exact) mass is 327 g/mol. The van der Waals surface area contributed by atoms with Crippen molar-refractivity contribution in [3.8, 4) is 10.8 Å². The normalized spacial score (nSPS) is 11.0. The van der Waals surface area contributed by atoms with Gasteiger partial charge in [0.2, 0.25) is 0 Å². The van der Waals surface area contributed by atoms with E-state index in [-0.39, 0.29) is 0 Å². The minimum atomic E-state index is 0.342. The number of aromatic nitrogens is 2. The van der Waals surface area contributed by atoms with Crippen molar-refractivity contribution in [2.75, 3.05) is 5.32 Å². The Morgan fingerprint density at radius 1 is 0.955 bits per heavy atom. The molecule has 2 aromatic heterocycles. The highest BCUT2D eigenvalue weighted by Gasteiger charge is 2.17. The molecule has 2 heterocycles. The number of nitrogens with one attached hydrogen (secondary N) is 1. The van der Waals surface area contributed by atoms with E-state index in [9.17, 15) is 0 Å². The Morgan fingerprint density at radius 3 is 2.55 bits per heavy atom. The van der Waals surface area contributed by atoms with Gasteiger partial charge in [-0.15, -0.1) is 16.4 Å². The number of benzene rings is 2.